The fourth-order valence-electron chi connectivity index (χ4n) is 1.88. The quantitative estimate of drug-likeness (QED) is 0.671. The molecule has 0 spiro atoms. The SMILES string of the molecule is Cn1nccc1C(Cc1ccc(Br)cc1F)NN. The zero-order valence-corrected chi connectivity index (χ0v) is 11.5. The number of nitrogens with one attached hydrogen (secondary N) is 1. The average Bonchev–Trinajstić information content (AvgIpc) is 2.75. The summed E-state index contributed by atoms with van der Waals surface area (Å²) in [5, 5.41) is 4.08. The molecule has 18 heavy (non-hydrogen) atoms. The molecule has 4 nitrogen and oxygen atoms in total. The molecule has 1 unspecified atom stereocenters. The van der Waals surface area contributed by atoms with Gasteiger partial charge < -0.3 is 0 Å². The summed E-state index contributed by atoms with van der Waals surface area (Å²) >= 11 is 3.24. The molecule has 2 aromatic rings. The van der Waals surface area contributed by atoms with Crippen LogP contribution >= 0.6 is 15.9 Å². The first-order chi connectivity index (χ1) is 8.61. The number of nitrogens with zero attached hydrogens (tertiary/aromatic N) is 2. The van der Waals surface area contributed by atoms with Crippen molar-refractivity contribution in [3.05, 3.63) is 52.0 Å². The number of halogens is 2. The summed E-state index contributed by atoms with van der Waals surface area (Å²) in [7, 11) is 1.83. The van der Waals surface area contributed by atoms with Crippen molar-refractivity contribution in [1.82, 2.24) is 15.2 Å². The lowest BCUT2D eigenvalue weighted by atomic mass is 10.0. The van der Waals surface area contributed by atoms with Crippen molar-refractivity contribution in [2.45, 2.75) is 12.5 Å². The number of aromatic nitrogens is 2. The highest BCUT2D eigenvalue weighted by atomic mass is 79.9. The van der Waals surface area contributed by atoms with Gasteiger partial charge in [-0.25, -0.2) is 4.39 Å². The first-order valence-corrected chi connectivity index (χ1v) is 6.29. The van der Waals surface area contributed by atoms with Gasteiger partial charge in [0, 0.05) is 17.7 Å². The lowest BCUT2D eigenvalue weighted by Crippen LogP contribution is -2.31. The van der Waals surface area contributed by atoms with Crippen molar-refractivity contribution in [2.75, 3.05) is 0 Å². The van der Waals surface area contributed by atoms with Gasteiger partial charge in [-0.2, -0.15) is 5.10 Å². The fraction of sp³-hybridized carbons (Fsp3) is 0.250. The normalized spacial score (nSPS) is 12.7. The van der Waals surface area contributed by atoms with Crippen LogP contribution in [0.4, 0.5) is 4.39 Å². The van der Waals surface area contributed by atoms with Gasteiger partial charge in [-0.05, 0) is 30.2 Å². The second-order valence-electron chi connectivity index (χ2n) is 4.04. The Bertz CT molecular complexity index is 541. The van der Waals surface area contributed by atoms with Crippen LogP contribution in [-0.2, 0) is 13.5 Å². The minimum Gasteiger partial charge on any atom is -0.271 e. The van der Waals surface area contributed by atoms with Crippen molar-refractivity contribution >= 4 is 15.9 Å². The van der Waals surface area contributed by atoms with E-state index >= 15 is 0 Å². The van der Waals surface area contributed by atoms with Crippen LogP contribution in [0.1, 0.15) is 17.3 Å². The molecule has 0 aliphatic rings. The molecule has 0 aliphatic heterocycles. The Morgan fingerprint density at radius 3 is 2.83 bits per heavy atom. The first kappa shape index (κ1) is 13.2. The van der Waals surface area contributed by atoms with Gasteiger partial charge in [-0.1, -0.05) is 22.0 Å². The van der Waals surface area contributed by atoms with Gasteiger partial charge >= 0.3 is 0 Å². The molecule has 1 aromatic heterocycles. The minimum atomic E-state index is -0.244. The predicted molar refractivity (Wildman–Crippen MR) is 71.1 cm³/mol. The molecular formula is C12H14BrFN4. The number of hydrogen-bond acceptors (Lipinski definition) is 3. The monoisotopic (exact) mass is 312 g/mol. The number of nitrogens with two attached hydrogens (primary N) is 1. The molecule has 0 radical (unpaired) electrons. The van der Waals surface area contributed by atoms with Crippen molar-refractivity contribution in [2.24, 2.45) is 12.9 Å². The third-order valence-corrected chi connectivity index (χ3v) is 3.35. The van der Waals surface area contributed by atoms with Crippen LogP contribution in [-0.4, -0.2) is 9.78 Å². The van der Waals surface area contributed by atoms with Crippen molar-refractivity contribution < 1.29 is 4.39 Å². The molecule has 6 heteroatoms. The number of benzene rings is 1. The van der Waals surface area contributed by atoms with Gasteiger partial charge in [0.15, 0.2) is 0 Å². The van der Waals surface area contributed by atoms with Gasteiger partial charge in [0.25, 0.3) is 0 Å². The molecular weight excluding hydrogens is 299 g/mol. The van der Waals surface area contributed by atoms with E-state index in [2.05, 4.69) is 26.5 Å². The highest BCUT2D eigenvalue weighted by Crippen LogP contribution is 2.21. The summed E-state index contributed by atoms with van der Waals surface area (Å²) in [4.78, 5) is 0. The molecule has 0 saturated heterocycles. The first-order valence-electron chi connectivity index (χ1n) is 5.49. The highest BCUT2D eigenvalue weighted by Gasteiger charge is 2.16. The van der Waals surface area contributed by atoms with Crippen molar-refractivity contribution in [1.29, 1.82) is 0 Å². The van der Waals surface area contributed by atoms with E-state index in [1.54, 1.807) is 16.9 Å². The number of hydrogen-bond donors (Lipinski definition) is 2. The Morgan fingerprint density at radius 1 is 1.50 bits per heavy atom. The van der Waals surface area contributed by atoms with E-state index < -0.39 is 0 Å². The summed E-state index contributed by atoms with van der Waals surface area (Å²) < 4.78 is 16.2. The molecule has 0 aliphatic carbocycles. The van der Waals surface area contributed by atoms with E-state index in [0.29, 0.717) is 12.0 Å². The van der Waals surface area contributed by atoms with E-state index in [1.807, 2.05) is 19.2 Å². The third kappa shape index (κ3) is 2.77. The van der Waals surface area contributed by atoms with E-state index in [-0.39, 0.29) is 11.9 Å². The predicted octanol–water partition coefficient (Wildman–Crippen LogP) is 2.07. The second kappa shape index (κ2) is 5.60. The smallest absolute Gasteiger partial charge is 0.127 e. The topological polar surface area (TPSA) is 55.9 Å². The lowest BCUT2D eigenvalue weighted by molar-refractivity contribution is 0.495. The zero-order chi connectivity index (χ0) is 13.1. The molecule has 1 atom stereocenters. The van der Waals surface area contributed by atoms with E-state index in [9.17, 15) is 4.39 Å². The van der Waals surface area contributed by atoms with Crippen LogP contribution in [0.5, 0.6) is 0 Å². The largest absolute Gasteiger partial charge is 0.271 e. The average molecular weight is 313 g/mol. The molecule has 1 heterocycles. The molecule has 0 amide bonds. The summed E-state index contributed by atoms with van der Waals surface area (Å²) in [6.07, 6.45) is 2.16. The van der Waals surface area contributed by atoms with Crippen LogP contribution in [0.2, 0.25) is 0 Å². The van der Waals surface area contributed by atoms with Crippen LogP contribution in [0.3, 0.4) is 0 Å². The van der Waals surface area contributed by atoms with Crippen molar-refractivity contribution in [3.8, 4) is 0 Å². The van der Waals surface area contributed by atoms with Gasteiger partial charge in [0.2, 0.25) is 0 Å². The highest BCUT2D eigenvalue weighted by molar-refractivity contribution is 9.10. The van der Waals surface area contributed by atoms with Crippen LogP contribution in [0.15, 0.2) is 34.9 Å². The number of hydrazine groups is 1. The van der Waals surface area contributed by atoms with Crippen LogP contribution < -0.4 is 11.3 Å². The minimum absolute atomic E-state index is 0.173. The standard InChI is InChI=1S/C12H14BrFN4/c1-18-12(4-5-16-18)11(17-15)6-8-2-3-9(13)7-10(8)14/h2-5,7,11,17H,6,15H2,1H3. The third-order valence-electron chi connectivity index (χ3n) is 2.86. The summed E-state index contributed by atoms with van der Waals surface area (Å²) in [5.41, 5.74) is 4.23. The molecule has 0 bridgehead atoms. The molecule has 2 rings (SSSR count). The summed E-state index contributed by atoms with van der Waals surface area (Å²) in [5.74, 6) is 5.29. The maximum absolute atomic E-state index is 13.8. The van der Waals surface area contributed by atoms with Gasteiger partial charge in [-0.3, -0.25) is 16.0 Å². The summed E-state index contributed by atoms with van der Waals surface area (Å²) in [6.45, 7) is 0. The molecule has 0 saturated carbocycles. The maximum atomic E-state index is 13.8. The van der Waals surface area contributed by atoms with E-state index in [0.717, 1.165) is 10.2 Å². The Morgan fingerprint density at radius 2 is 2.28 bits per heavy atom. The van der Waals surface area contributed by atoms with Gasteiger partial charge in [0.05, 0.1) is 11.7 Å². The lowest BCUT2D eigenvalue weighted by Gasteiger charge is -2.16. The van der Waals surface area contributed by atoms with Gasteiger partial charge in [0.1, 0.15) is 5.82 Å². The van der Waals surface area contributed by atoms with E-state index in [4.69, 9.17) is 5.84 Å². The van der Waals surface area contributed by atoms with Crippen LogP contribution in [0.25, 0.3) is 0 Å². The number of rotatable bonds is 4. The maximum Gasteiger partial charge on any atom is 0.127 e. The van der Waals surface area contributed by atoms with Gasteiger partial charge in [-0.15, -0.1) is 0 Å². The Hall–Kier alpha value is -1.24. The van der Waals surface area contributed by atoms with E-state index in [1.165, 1.54) is 6.07 Å². The number of aryl methyl sites for hydroxylation is 1. The summed E-state index contributed by atoms with van der Waals surface area (Å²) in [6, 6.07) is 6.70. The van der Waals surface area contributed by atoms with Crippen LogP contribution in [0, 0.1) is 5.82 Å². The molecule has 96 valence electrons. The zero-order valence-electron chi connectivity index (χ0n) is 9.90. The Balaban J connectivity index is 2.23. The fourth-order valence-corrected chi connectivity index (χ4v) is 2.22. The Kier molecular flexibility index (Phi) is 4.11. The molecule has 1 aromatic carbocycles. The molecule has 0 fully saturated rings. The Labute approximate surface area is 113 Å². The van der Waals surface area contributed by atoms with Crippen molar-refractivity contribution in [3.63, 3.8) is 0 Å². The molecule has 3 N–H and O–H groups in total. The second-order valence-corrected chi connectivity index (χ2v) is 4.95.